The van der Waals surface area contributed by atoms with Crippen LogP contribution in [0.4, 0.5) is 5.69 Å². The minimum Gasteiger partial charge on any atom is -0.323 e. The number of hydrogen-bond acceptors (Lipinski definition) is 2. The standard InChI is InChI=1S/C6H4Br4N2/c7-2-1-3(12-11)5(9)6(10)4(2)8/h1,12H,11H2. The Balaban J connectivity index is 3.39. The molecule has 0 radical (unpaired) electrons. The van der Waals surface area contributed by atoms with Crippen molar-refractivity contribution in [3.05, 3.63) is 24.0 Å². The van der Waals surface area contributed by atoms with Crippen molar-refractivity contribution in [2.24, 2.45) is 5.84 Å². The highest BCUT2D eigenvalue weighted by atomic mass is 79.9. The third-order valence-electron chi connectivity index (χ3n) is 1.26. The van der Waals surface area contributed by atoms with Gasteiger partial charge in [-0.1, -0.05) is 0 Å². The second kappa shape index (κ2) is 4.41. The van der Waals surface area contributed by atoms with Crippen LogP contribution >= 0.6 is 63.7 Å². The first-order valence-corrected chi connectivity index (χ1v) is 6.04. The van der Waals surface area contributed by atoms with Crippen molar-refractivity contribution in [3.63, 3.8) is 0 Å². The molecule has 1 aromatic carbocycles. The summed E-state index contributed by atoms with van der Waals surface area (Å²) in [5.41, 5.74) is 3.39. The van der Waals surface area contributed by atoms with Crippen molar-refractivity contribution < 1.29 is 0 Å². The van der Waals surface area contributed by atoms with Gasteiger partial charge in [-0.05, 0) is 69.8 Å². The average Bonchev–Trinajstić information content (AvgIpc) is 2.08. The summed E-state index contributed by atoms with van der Waals surface area (Å²) >= 11 is 13.6. The molecular formula is C6H4Br4N2. The summed E-state index contributed by atoms with van der Waals surface area (Å²) in [6, 6.07) is 1.87. The molecule has 0 aliphatic carbocycles. The molecule has 0 atom stereocenters. The Hall–Kier alpha value is 0.900. The van der Waals surface area contributed by atoms with E-state index < -0.39 is 0 Å². The van der Waals surface area contributed by atoms with Crippen LogP contribution in [0, 0.1) is 0 Å². The number of rotatable bonds is 1. The van der Waals surface area contributed by atoms with Crippen molar-refractivity contribution in [2.45, 2.75) is 0 Å². The normalized spacial score (nSPS) is 10.1. The van der Waals surface area contributed by atoms with Gasteiger partial charge in [-0.15, -0.1) is 0 Å². The van der Waals surface area contributed by atoms with E-state index in [9.17, 15) is 0 Å². The monoisotopic (exact) mass is 420 g/mol. The molecule has 6 heteroatoms. The van der Waals surface area contributed by atoms with Crippen molar-refractivity contribution in [3.8, 4) is 0 Å². The number of halogens is 4. The Morgan fingerprint density at radius 3 is 2.08 bits per heavy atom. The zero-order chi connectivity index (χ0) is 9.30. The predicted molar refractivity (Wildman–Crippen MR) is 65.1 cm³/mol. The van der Waals surface area contributed by atoms with E-state index in [-0.39, 0.29) is 0 Å². The molecule has 0 amide bonds. The molecule has 1 rings (SSSR count). The first-order chi connectivity index (χ1) is 5.57. The molecule has 0 spiro atoms. The summed E-state index contributed by atoms with van der Waals surface area (Å²) in [7, 11) is 0. The highest BCUT2D eigenvalue weighted by Gasteiger charge is 2.10. The Morgan fingerprint density at radius 2 is 1.58 bits per heavy atom. The Labute approximate surface area is 104 Å². The third kappa shape index (κ3) is 2.04. The molecule has 2 nitrogen and oxygen atoms in total. The maximum atomic E-state index is 5.30. The van der Waals surface area contributed by atoms with Gasteiger partial charge in [-0.25, -0.2) is 0 Å². The number of anilines is 1. The van der Waals surface area contributed by atoms with E-state index in [4.69, 9.17) is 5.84 Å². The van der Waals surface area contributed by atoms with Gasteiger partial charge < -0.3 is 5.43 Å². The average molecular weight is 424 g/mol. The number of benzene rings is 1. The number of hydrazine groups is 1. The molecule has 0 aliphatic rings. The highest BCUT2D eigenvalue weighted by molar-refractivity contribution is 9.15. The summed E-state index contributed by atoms with van der Waals surface area (Å²) in [6.07, 6.45) is 0. The largest absolute Gasteiger partial charge is 0.323 e. The Morgan fingerprint density at radius 1 is 1.00 bits per heavy atom. The van der Waals surface area contributed by atoms with Crippen LogP contribution in [0.5, 0.6) is 0 Å². The second-order valence-corrected chi connectivity index (χ2v) is 5.23. The molecule has 3 N–H and O–H groups in total. The fourth-order valence-corrected chi connectivity index (χ4v) is 2.80. The lowest BCUT2D eigenvalue weighted by atomic mass is 10.3. The highest BCUT2D eigenvalue weighted by Crippen LogP contribution is 2.40. The quantitative estimate of drug-likeness (QED) is 0.310. The van der Waals surface area contributed by atoms with E-state index in [1.807, 2.05) is 6.07 Å². The maximum absolute atomic E-state index is 5.30. The van der Waals surface area contributed by atoms with Crippen LogP contribution in [0.1, 0.15) is 0 Å². The van der Waals surface area contributed by atoms with Crippen molar-refractivity contribution in [2.75, 3.05) is 5.43 Å². The summed E-state index contributed by atoms with van der Waals surface area (Å²) < 4.78 is 3.70. The first kappa shape index (κ1) is 11.0. The van der Waals surface area contributed by atoms with E-state index in [0.717, 1.165) is 23.6 Å². The van der Waals surface area contributed by atoms with Gasteiger partial charge in [0, 0.05) is 13.4 Å². The van der Waals surface area contributed by atoms with E-state index >= 15 is 0 Å². The topological polar surface area (TPSA) is 38.0 Å². The maximum Gasteiger partial charge on any atom is 0.0650 e. The number of nitrogens with one attached hydrogen (secondary N) is 1. The van der Waals surface area contributed by atoms with Gasteiger partial charge >= 0.3 is 0 Å². The van der Waals surface area contributed by atoms with Crippen molar-refractivity contribution in [1.82, 2.24) is 0 Å². The zero-order valence-electron chi connectivity index (χ0n) is 5.67. The number of hydrogen-bond donors (Lipinski definition) is 2. The summed E-state index contributed by atoms with van der Waals surface area (Å²) in [4.78, 5) is 0. The van der Waals surface area contributed by atoms with Gasteiger partial charge in [0.15, 0.2) is 0 Å². The molecule has 0 bridgehead atoms. The molecule has 0 heterocycles. The van der Waals surface area contributed by atoms with Crippen LogP contribution in [-0.4, -0.2) is 0 Å². The van der Waals surface area contributed by atoms with Crippen LogP contribution in [-0.2, 0) is 0 Å². The molecule has 0 aliphatic heterocycles. The van der Waals surface area contributed by atoms with Crippen LogP contribution in [0.25, 0.3) is 0 Å². The van der Waals surface area contributed by atoms with E-state index in [1.165, 1.54) is 0 Å². The number of nitrogens with two attached hydrogens (primary N) is 1. The first-order valence-electron chi connectivity index (χ1n) is 2.87. The molecule has 0 unspecified atom stereocenters. The molecule has 0 aromatic heterocycles. The lowest BCUT2D eigenvalue weighted by Gasteiger charge is -2.08. The molecule has 66 valence electrons. The molecule has 0 fully saturated rings. The smallest absolute Gasteiger partial charge is 0.0650 e. The Bertz CT molecular complexity index is 313. The van der Waals surface area contributed by atoms with Crippen LogP contribution < -0.4 is 11.3 Å². The van der Waals surface area contributed by atoms with Gasteiger partial charge in [0.1, 0.15) is 0 Å². The van der Waals surface area contributed by atoms with Crippen molar-refractivity contribution >= 4 is 69.4 Å². The molecule has 1 aromatic rings. The second-order valence-electron chi connectivity index (χ2n) is 1.99. The lowest BCUT2D eigenvalue weighted by molar-refractivity contribution is 1.32. The van der Waals surface area contributed by atoms with Gasteiger partial charge in [-0.2, -0.15) is 0 Å². The lowest BCUT2D eigenvalue weighted by Crippen LogP contribution is -2.07. The van der Waals surface area contributed by atoms with Crippen molar-refractivity contribution in [1.29, 1.82) is 0 Å². The fraction of sp³-hybridized carbons (Fsp3) is 0. The van der Waals surface area contributed by atoms with Gasteiger partial charge in [-0.3, -0.25) is 5.84 Å². The molecule has 12 heavy (non-hydrogen) atoms. The SMILES string of the molecule is NNc1cc(Br)c(Br)c(Br)c1Br. The van der Waals surface area contributed by atoms with Crippen LogP contribution in [0.2, 0.25) is 0 Å². The van der Waals surface area contributed by atoms with Gasteiger partial charge in [0.25, 0.3) is 0 Å². The molecule has 0 saturated carbocycles. The molecular weight excluding hydrogens is 420 g/mol. The summed E-state index contributed by atoms with van der Waals surface area (Å²) in [6.45, 7) is 0. The summed E-state index contributed by atoms with van der Waals surface area (Å²) in [5.74, 6) is 5.30. The van der Waals surface area contributed by atoms with Crippen LogP contribution in [0.3, 0.4) is 0 Å². The Kier molecular flexibility index (Phi) is 4.04. The van der Waals surface area contributed by atoms with Gasteiger partial charge in [0.2, 0.25) is 0 Å². The fourth-order valence-electron chi connectivity index (χ4n) is 0.678. The van der Waals surface area contributed by atoms with E-state index in [0.29, 0.717) is 0 Å². The minimum atomic E-state index is 0.817. The van der Waals surface area contributed by atoms with Crippen LogP contribution in [0.15, 0.2) is 24.0 Å². The van der Waals surface area contributed by atoms with E-state index in [1.54, 1.807) is 0 Å². The molecule has 0 saturated heterocycles. The third-order valence-corrected chi connectivity index (χ3v) is 5.92. The minimum absolute atomic E-state index is 0.817. The predicted octanol–water partition coefficient (Wildman–Crippen LogP) is 4.02. The van der Waals surface area contributed by atoms with E-state index in [2.05, 4.69) is 69.1 Å². The number of nitrogen functional groups attached to an aromatic ring is 1. The van der Waals surface area contributed by atoms with Gasteiger partial charge in [0.05, 0.1) is 10.2 Å². The summed E-state index contributed by atoms with van der Waals surface area (Å²) in [5, 5.41) is 0. The zero-order valence-corrected chi connectivity index (χ0v) is 12.0.